The number of anilines is 1. The van der Waals surface area contributed by atoms with Gasteiger partial charge in [0.15, 0.2) is 0 Å². The van der Waals surface area contributed by atoms with Gasteiger partial charge in [0.2, 0.25) is 0 Å². The van der Waals surface area contributed by atoms with Crippen LogP contribution in [0.3, 0.4) is 0 Å². The van der Waals surface area contributed by atoms with Gasteiger partial charge in [-0.1, -0.05) is 12.6 Å². The van der Waals surface area contributed by atoms with Gasteiger partial charge in [-0.3, -0.25) is 14.7 Å². The molecule has 6 heteroatoms. The number of H-pyrrole nitrogens is 1. The molecule has 4 rings (SSSR count). The summed E-state index contributed by atoms with van der Waals surface area (Å²) in [4.78, 5) is 25.4. The SMILES string of the molecule is C=C(C=O)CN1Cc2c(cc(NC)cc2-c2ccc3n[nH]c(C)c3c2)C1=O. The van der Waals surface area contributed by atoms with Crippen molar-refractivity contribution >= 4 is 28.8 Å². The summed E-state index contributed by atoms with van der Waals surface area (Å²) < 4.78 is 0. The van der Waals surface area contributed by atoms with Gasteiger partial charge >= 0.3 is 0 Å². The lowest BCUT2D eigenvalue weighted by Crippen LogP contribution is -2.26. The average molecular weight is 360 g/mol. The molecule has 0 saturated heterocycles. The van der Waals surface area contributed by atoms with Gasteiger partial charge < -0.3 is 10.2 Å². The van der Waals surface area contributed by atoms with Gasteiger partial charge in [0, 0.05) is 48.0 Å². The molecule has 2 heterocycles. The van der Waals surface area contributed by atoms with E-state index in [4.69, 9.17) is 0 Å². The van der Waals surface area contributed by atoms with E-state index in [0.717, 1.165) is 39.0 Å². The van der Waals surface area contributed by atoms with Gasteiger partial charge in [0.05, 0.1) is 5.52 Å². The van der Waals surface area contributed by atoms with Crippen LogP contribution >= 0.6 is 0 Å². The van der Waals surface area contributed by atoms with Crippen LogP contribution in [0.25, 0.3) is 22.0 Å². The molecule has 2 N–H and O–H groups in total. The van der Waals surface area contributed by atoms with E-state index in [1.807, 2.05) is 32.2 Å². The minimum atomic E-state index is -0.0769. The molecule has 1 amide bonds. The van der Waals surface area contributed by atoms with Crippen molar-refractivity contribution in [1.29, 1.82) is 0 Å². The Morgan fingerprint density at radius 3 is 2.85 bits per heavy atom. The fraction of sp³-hybridized carbons (Fsp3) is 0.190. The number of amides is 1. The van der Waals surface area contributed by atoms with Crippen LogP contribution in [0, 0.1) is 6.92 Å². The van der Waals surface area contributed by atoms with Crippen molar-refractivity contribution in [1.82, 2.24) is 15.1 Å². The number of carbonyl (C=O) groups is 2. The van der Waals surface area contributed by atoms with Crippen LogP contribution in [0.15, 0.2) is 42.5 Å². The summed E-state index contributed by atoms with van der Waals surface area (Å²) >= 11 is 0. The molecule has 0 fully saturated rings. The van der Waals surface area contributed by atoms with E-state index >= 15 is 0 Å². The molecule has 6 nitrogen and oxygen atoms in total. The van der Waals surface area contributed by atoms with Crippen LogP contribution in [-0.2, 0) is 11.3 Å². The van der Waals surface area contributed by atoms with E-state index in [0.29, 0.717) is 24.0 Å². The summed E-state index contributed by atoms with van der Waals surface area (Å²) in [6, 6.07) is 10.0. The molecule has 1 aliphatic heterocycles. The Hall–Kier alpha value is -3.41. The number of aromatic nitrogens is 2. The molecule has 0 radical (unpaired) electrons. The molecule has 1 aromatic heterocycles. The third-order valence-corrected chi connectivity index (χ3v) is 5.02. The predicted molar refractivity (Wildman–Crippen MR) is 106 cm³/mol. The highest BCUT2D eigenvalue weighted by molar-refractivity contribution is 6.02. The highest BCUT2D eigenvalue weighted by Crippen LogP contribution is 2.37. The zero-order valence-electron chi connectivity index (χ0n) is 15.3. The van der Waals surface area contributed by atoms with Crippen LogP contribution < -0.4 is 5.32 Å². The molecular weight excluding hydrogens is 340 g/mol. The Balaban J connectivity index is 1.85. The van der Waals surface area contributed by atoms with Gasteiger partial charge in [-0.2, -0.15) is 5.10 Å². The number of carbonyl (C=O) groups excluding carboxylic acids is 2. The lowest BCUT2D eigenvalue weighted by molar-refractivity contribution is -0.105. The van der Waals surface area contributed by atoms with E-state index in [2.05, 4.69) is 34.2 Å². The summed E-state index contributed by atoms with van der Waals surface area (Å²) in [5.41, 5.74) is 6.86. The summed E-state index contributed by atoms with van der Waals surface area (Å²) in [6.07, 6.45) is 0.700. The number of nitrogens with zero attached hydrogens (tertiary/aromatic N) is 2. The number of hydrogen-bond donors (Lipinski definition) is 2. The van der Waals surface area contributed by atoms with E-state index in [-0.39, 0.29) is 12.5 Å². The van der Waals surface area contributed by atoms with Crippen molar-refractivity contribution in [2.45, 2.75) is 13.5 Å². The number of hydrogen-bond acceptors (Lipinski definition) is 4. The number of aromatic amines is 1. The molecule has 0 atom stereocenters. The molecular formula is C21H20N4O2. The molecule has 2 aromatic carbocycles. The Bertz CT molecular complexity index is 1100. The topological polar surface area (TPSA) is 78.1 Å². The van der Waals surface area contributed by atoms with Crippen LogP contribution in [0.1, 0.15) is 21.6 Å². The van der Waals surface area contributed by atoms with E-state index < -0.39 is 0 Å². The standard InChI is InChI=1S/C21H20N4O2/c1-12(11-26)9-25-10-19-17(7-15(22-3)8-18(19)21(25)27)14-4-5-20-16(6-14)13(2)23-24-20/h4-8,11,22H,1,9-10H2,2-3H3,(H,23,24). The second-order valence-corrected chi connectivity index (χ2v) is 6.82. The minimum Gasteiger partial charge on any atom is -0.388 e. The highest BCUT2D eigenvalue weighted by atomic mass is 16.2. The predicted octanol–water partition coefficient (Wildman–Crippen LogP) is 3.29. The van der Waals surface area contributed by atoms with Crippen LogP contribution in [0.4, 0.5) is 5.69 Å². The van der Waals surface area contributed by atoms with E-state index in [9.17, 15) is 9.59 Å². The Labute approximate surface area is 156 Å². The average Bonchev–Trinajstić information content (AvgIpc) is 3.21. The lowest BCUT2D eigenvalue weighted by atomic mass is 9.95. The second-order valence-electron chi connectivity index (χ2n) is 6.82. The molecule has 0 bridgehead atoms. The van der Waals surface area contributed by atoms with Crippen molar-refractivity contribution < 1.29 is 9.59 Å². The van der Waals surface area contributed by atoms with E-state index in [1.165, 1.54) is 0 Å². The molecule has 0 saturated carbocycles. The zero-order chi connectivity index (χ0) is 19.1. The Morgan fingerprint density at radius 2 is 2.11 bits per heavy atom. The van der Waals surface area contributed by atoms with Crippen molar-refractivity contribution in [2.24, 2.45) is 0 Å². The maximum atomic E-state index is 12.9. The first kappa shape index (κ1) is 17.0. The van der Waals surface area contributed by atoms with Crippen molar-refractivity contribution in [3.8, 4) is 11.1 Å². The van der Waals surface area contributed by atoms with Gasteiger partial charge in [0.25, 0.3) is 5.91 Å². The quantitative estimate of drug-likeness (QED) is 0.541. The maximum Gasteiger partial charge on any atom is 0.254 e. The summed E-state index contributed by atoms with van der Waals surface area (Å²) in [6.45, 7) is 6.39. The number of benzene rings is 2. The van der Waals surface area contributed by atoms with Crippen molar-refractivity contribution in [2.75, 3.05) is 18.9 Å². The number of nitrogens with one attached hydrogen (secondary N) is 2. The monoisotopic (exact) mass is 360 g/mol. The van der Waals surface area contributed by atoms with Crippen LogP contribution in [0.5, 0.6) is 0 Å². The Kier molecular flexibility index (Phi) is 4.03. The van der Waals surface area contributed by atoms with Gasteiger partial charge in [-0.15, -0.1) is 0 Å². The largest absolute Gasteiger partial charge is 0.388 e. The first-order chi connectivity index (χ1) is 13.0. The van der Waals surface area contributed by atoms with Crippen LogP contribution in [0.2, 0.25) is 0 Å². The molecule has 136 valence electrons. The molecule has 27 heavy (non-hydrogen) atoms. The fourth-order valence-electron chi connectivity index (χ4n) is 3.58. The lowest BCUT2D eigenvalue weighted by Gasteiger charge is -2.15. The number of aldehydes is 1. The number of rotatable bonds is 5. The third kappa shape index (κ3) is 2.79. The summed E-state index contributed by atoms with van der Waals surface area (Å²) in [5, 5.41) is 11.5. The number of fused-ring (bicyclic) bond motifs is 2. The highest BCUT2D eigenvalue weighted by Gasteiger charge is 2.30. The molecule has 1 aliphatic rings. The molecule has 0 aliphatic carbocycles. The Morgan fingerprint density at radius 1 is 1.33 bits per heavy atom. The normalized spacial score (nSPS) is 13.1. The van der Waals surface area contributed by atoms with Crippen LogP contribution in [-0.4, -0.2) is 40.9 Å². The van der Waals surface area contributed by atoms with E-state index in [1.54, 1.807) is 4.90 Å². The van der Waals surface area contributed by atoms with Gasteiger partial charge in [-0.05, 0) is 47.9 Å². The minimum absolute atomic E-state index is 0.0769. The third-order valence-electron chi connectivity index (χ3n) is 5.02. The summed E-state index contributed by atoms with van der Waals surface area (Å²) in [7, 11) is 1.83. The molecule has 3 aromatic rings. The molecule has 0 unspecified atom stereocenters. The first-order valence-electron chi connectivity index (χ1n) is 8.74. The second kappa shape index (κ2) is 6.39. The van der Waals surface area contributed by atoms with Crippen molar-refractivity contribution in [3.63, 3.8) is 0 Å². The smallest absolute Gasteiger partial charge is 0.254 e. The first-order valence-corrected chi connectivity index (χ1v) is 8.74. The van der Waals surface area contributed by atoms with Crippen molar-refractivity contribution in [3.05, 3.63) is 59.3 Å². The summed E-state index contributed by atoms with van der Waals surface area (Å²) in [5.74, 6) is -0.0769. The fourth-order valence-corrected chi connectivity index (χ4v) is 3.58. The maximum absolute atomic E-state index is 12.9. The molecule has 0 spiro atoms. The number of aryl methyl sites for hydroxylation is 1. The van der Waals surface area contributed by atoms with Gasteiger partial charge in [-0.25, -0.2) is 0 Å². The van der Waals surface area contributed by atoms with Gasteiger partial charge in [0.1, 0.15) is 6.29 Å². The zero-order valence-corrected chi connectivity index (χ0v) is 15.3.